The normalized spacial score (nSPS) is 26.3. The molecule has 1 aliphatic rings. The third-order valence-electron chi connectivity index (χ3n) is 3.94. The Kier molecular flexibility index (Phi) is 6.75. The van der Waals surface area contributed by atoms with Crippen LogP contribution in [0, 0.1) is 0 Å². The van der Waals surface area contributed by atoms with Gasteiger partial charge in [0.2, 0.25) is 0 Å². The maximum atomic E-state index is 12.1. The lowest BCUT2D eigenvalue weighted by molar-refractivity contribution is -0.162. The number of ether oxygens (including phenoxy) is 2. The van der Waals surface area contributed by atoms with Crippen LogP contribution in [-0.4, -0.2) is 62.4 Å². The smallest absolute Gasteiger partial charge is 0.326 e. The molecule has 0 aromatic carbocycles. The zero-order chi connectivity index (χ0) is 14.3. The molecule has 0 radical (unpaired) electrons. The van der Waals surface area contributed by atoms with Crippen molar-refractivity contribution >= 4 is 5.97 Å². The van der Waals surface area contributed by atoms with Gasteiger partial charge in [0.25, 0.3) is 0 Å². The molecule has 5 nitrogen and oxygen atoms in total. The van der Waals surface area contributed by atoms with E-state index in [0.29, 0.717) is 19.4 Å². The van der Waals surface area contributed by atoms with Crippen LogP contribution in [0.4, 0.5) is 0 Å². The Hall–Kier alpha value is -0.650. The lowest BCUT2D eigenvalue weighted by Crippen LogP contribution is -2.64. The summed E-state index contributed by atoms with van der Waals surface area (Å²) in [6, 6.07) is 0. The van der Waals surface area contributed by atoms with Gasteiger partial charge in [-0.1, -0.05) is 13.8 Å². The fourth-order valence-corrected chi connectivity index (χ4v) is 2.53. The van der Waals surface area contributed by atoms with E-state index in [2.05, 4.69) is 24.1 Å². The largest absolute Gasteiger partial charge is 0.465 e. The van der Waals surface area contributed by atoms with E-state index in [1.54, 1.807) is 7.11 Å². The summed E-state index contributed by atoms with van der Waals surface area (Å²) >= 11 is 0. The lowest BCUT2D eigenvalue weighted by atomic mass is 9.74. The second-order valence-corrected chi connectivity index (χ2v) is 5.02. The van der Waals surface area contributed by atoms with Crippen molar-refractivity contribution in [1.82, 2.24) is 10.2 Å². The van der Waals surface area contributed by atoms with Gasteiger partial charge in [-0.3, -0.25) is 4.79 Å². The van der Waals surface area contributed by atoms with Crippen LogP contribution in [0.5, 0.6) is 0 Å². The molecule has 0 aliphatic heterocycles. The monoisotopic (exact) mass is 272 g/mol. The molecule has 0 aromatic rings. The number of carbonyl (C=O) groups excluding carboxylic acids is 1. The third-order valence-corrected chi connectivity index (χ3v) is 3.94. The molecule has 1 N–H and O–H groups in total. The fourth-order valence-electron chi connectivity index (χ4n) is 2.53. The Morgan fingerprint density at radius 2 is 1.95 bits per heavy atom. The van der Waals surface area contributed by atoms with Crippen molar-refractivity contribution in [3.05, 3.63) is 0 Å². The highest BCUT2D eigenvalue weighted by molar-refractivity contribution is 5.82. The van der Waals surface area contributed by atoms with Gasteiger partial charge >= 0.3 is 5.97 Å². The summed E-state index contributed by atoms with van der Waals surface area (Å²) in [5, 5.41) is 3.38. The first-order valence-electron chi connectivity index (χ1n) is 7.29. The van der Waals surface area contributed by atoms with E-state index < -0.39 is 5.54 Å². The zero-order valence-electron chi connectivity index (χ0n) is 12.7. The molecule has 0 amide bonds. The predicted molar refractivity (Wildman–Crippen MR) is 75.2 cm³/mol. The average molecular weight is 272 g/mol. The number of likely N-dealkylation sites (N-methyl/N-ethyl adjacent to an activating group) is 1. The molecule has 0 atom stereocenters. The maximum absolute atomic E-state index is 12.1. The number of nitrogens with zero attached hydrogens (tertiary/aromatic N) is 1. The van der Waals surface area contributed by atoms with Gasteiger partial charge in [0.15, 0.2) is 0 Å². The molecule has 1 aliphatic carbocycles. The highest BCUT2D eigenvalue weighted by Crippen LogP contribution is 2.35. The second-order valence-electron chi connectivity index (χ2n) is 5.02. The highest BCUT2D eigenvalue weighted by Gasteiger charge is 2.51. The standard InChI is InChI=1S/C14H28N2O3/c1-5-16(6-2)9-8-15-14(13(17)19-7-3)10-12(11-14)18-4/h12,15H,5-11H2,1-4H3. The van der Waals surface area contributed by atoms with E-state index in [9.17, 15) is 4.79 Å². The number of hydrogen-bond acceptors (Lipinski definition) is 5. The molecule has 0 bridgehead atoms. The number of nitrogens with one attached hydrogen (secondary N) is 1. The Labute approximate surface area is 116 Å². The molecule has 0 spiro atoms. The third kappa shape index (κ3) is 4.16. The van der Waals surface area contributed by atoms with E-state index in [-0.39, 0.29) is 12.1 Å². The van der Waals surface area contributed by atoms with Gasteiger partial charge in [0.05, 0.1) is 12.7 Å². The summed E-state index contributed by atoms with van der Waals surface area (Å²) in [7, 11) is 1.69. The molecule has 0 aromatic heterocycles. The Balaban J connectivity index is 2.45. The molecule has 0 unspecified atom stereocenters. The van der Waals surface area contributed by atoms with Gasteiger partial charge in [0.1, 0.15) is 5.54 Å². The van der Waals surface area contributed by atoms with E-state index in [1.807, 2.05) is 6.92 Å². The Bertz CT molecular complexity index is 274. The summed E-state index contributed by atoms with van der Waals surface area (Å²) in [5.74, 6) is -0.136. The van der Waals surface area contributed by atoms with Gasteiger partial charge in [-0.25, -0.2) is 0 Å². The van der Waals surface area contributed by atoms with Gasteiger partial charge in [-0.2, -0.15) is 0 Å². The number of carbonyl (C=O) groups is 1. The molecular formula is C14H28N2O3. The average Bonchev–Trinajstić information content (AvgIpc) is 2.37. The van der Waals surface area contributed by atoms with Crippen LogP contribution in [0.1, 0.15) is 33.6 Å². The number of rotatable bonds is 9. The van der Waals surface area contributed by atoms with Crippen molar-refractivity contribution in [3.63, 3.8) is 0 Å². The number of methoxy groups -OCH3 is 1. The minimum absolute atomic E-state index is 0.136. The molecular weight excluding hydrogens is 244 g/mol. The van der Waals surface area contributed by atoms with Gasteiger partial charge in [-0.05, 0) is 20.0 Å². The Morgan fingerprint density at radius 3 is 2.42 bits per heavy atom. The van der Waals surface area contributed by atoms with Crippen molar-refractivity contribution in [1.29, 1.82) is 0 Å². The quantitative estimate of drug-likeness (QED) is 0.635. The van der Waals surface area contributed by atoms with Gasteiger partial charge < -0.3 is 19.7 Å². The molecule has 1 fully saturated rings. The topological polar surface area (TPSA) is 50.8 Å². The fraction of sp³-hybridized carbons (Fsp3) is 0.929. The highest BCUT2D eigenvalue weighted by atomic mass is 16.5. The summed E-state index contributed by atoms with van der Waals surface area (Å²) in [6.45, 7) is 10.4. The summed E-state index contributed by atoms with van der Waals surface area (Å²) in [5.41, 5.74) is -0.524. The van der Waals surface area contributed by atoms with Crippen molar-refractivity contribution in [2.45, 2.75) is 45.3 Å². The minimum Gasteiger partial charge on any atom is -0.465 e. The van der Waals surface area contributed by atoms with E-state index in [0.717, 1.165) is 26.2 Å². The molecule has 0 heterocycles. The van der Waals surface area contributed by atoms with E-state index >= 15 is 0 Å². The van der Waals surface area contributed by atoms with Gasteiger partial charge in [-0.15, -0.1) is 0 Å². The van der Waals surface area contributed by atoms with Crippen molar-refractivity contribution in [3.8, 4) is 0 Å². The summed E-state index contributed by atoms with van der Waals surface area (Å²) in [6.07, 6.45) is 1.59. The zero-order valence-corrected chi connectivity index (χ0v) is 12.7. The SMILES string of the molecule is CCOC(=O)C1(NCCN(CC)CC)CC(OC)C1. The first kappa shape index (κ1) is 16.4. The first-order valence-corrected chi connectivity index (χ1v) is 7.29. The summed E-state index contributed by atoms with van der Waals surface area (Å²) in [4.78, 5) is 14.4. The van der Waals surface area contributed by atoms with Crippen LogP contribution in [0.25, 0.3) is 0 Å². The maximum Gasteiger partial charge on any atom is 0.326 e. The summed E-state index contributed by atoms with van der Waals surface area (Å²) < 4.78 is 10.5. The number of hydrogen-bond donors (Lipinski definition) is 1. The molecule has 1 rings (SSSR count). The van der Waals surface area contributed by atoms with Crippen LogP contribution < -0.4 is 5.32 Å². The van der Waals surface area contributed by atoms with E-state index in [1.165, 1.54) is 0 Å². The van der Waals surface area contributed by atoms with Crippen LogP contribution in [-0.2, 0) is 14.3 Å². The lowest BCUT2D eigenvalue weighted by Gasteiger charge is -2.45. The van der Waals surface area contributed by atoms with E-state index in [4.69, 9.17) is 9.47 Å². The van der Waals surface area contributed by atoms with Crippen LogP contribution in [0.2, 0.25) is 0 Å². The van der Waals surface area contributed by atoms with Crippen molar-refractivity contribution in [2.24, 2.45) is 0 Å². The first-order chi connectivity index (χ1) is 9.11. The van der Waals surface area contributed by atoms with Crippen molar-refractivity contribution in [2.75, 3.05) is 39.9 Å². The molecule has 5 heteroatoms. The minimum atomic E-state index is -0.524. The van der Waals surface area contributed by atoms with Crippen molar-refractivity contribution < 1.29 is 14.3 Å². The van der Waals surface area contributed by atoms with Crippen LogP contribution in [0.3, 0.4) is 0 Å². The van der Waals surface area contributed by atoms with Gasteiger partial charge in [0, 0.05) is 33.0 Å². The molecule has 112 valence electrons. The van der Waals surface area contributed by atoms with Crippen LogP contribution >= 0.6 is 0 Å². The number of esters is 1. The molecule has 0 saturated heterocycles. The Morgan fingerprint density at radius 1 is 1.32 bits per heavy atom. The molecule has 19 heavy (non-hydrogen) atoms. The molecule has 1 saturated carbocycles. The van der Waals surface area contributed by atoms with Crippen LogP contribution in [0.15, 0.2) is 0 Å². The predicted octanol–water partition coefficient (Wildman–Crippen LogP) is 1.03. The second kappa shape index (κ2) is 7.82.